The molecule has 2 heterocycles. The van der Waals surface area contributed by atoms with Gasteiger partial charge < -0.3 is 19.6 Å². The molecule has 0 saturated heterocycles. The Morgan fingerprint density at radius 2 is 1.97 bits per heavy atom. The number of furan rings is 1. The number of nitrogens with zero attached hydrogens (tertiary/aromatic N) is 2. The number of amides is 2. The molecule has 1 atom stereocenters. The van der Waals surface area contributed by atoms with E-state index in [1.807, 2.05) is 31.2 Å². The first-order chi connectivity index (χ1) is 14.5. The monoisotopic (exact) mass is 422 g/mol. The van der Waals surface area contributed by atoms with Gasteiger partial charge in [0.25, 0.3) is 5.91 Å². The van der Waals surface area contributed by atoms with E-state index < -0.39 is 6.04 Å². The Balaban J connectivity index is 1.60. The van der Waals surface area contributed by atoms with Crippen LogP contribution in [0.25, 0.3) is 11.0 Å². The number of nitrogens with one attached hydrogen (secondary N) is 2. The first-order valence-electron chi connectivity index (χ1n) is 9.36. The second-order valence-electron chi connectivity index (χ2n) is 6.78. The van der Waals surface area contributed by atoms with Crippen LogP contribution in [0.1, 0.15) is 29.3 Å². The largest absolute Gasteiger partial charge is 0.459 e. The van der Waals surface area contributed by atoms with E-state index >= 15 is 0 Å². The van der Waals surface area contributed by atoms with Gasteiger partial charge in [-0.05, 0) is 49.4 Å². The average Bonchev–Trinajstić information content (AvgIpc) is 3.37. The molecule has 30 heavy (non-hydrogen) atoms. The molecule has 0 aliphatic heterocycles. The van der Waals surface area contributed by atoms with Crippen LogP contribution in [0, 0.1) is 0 Å². The Morgan fingerprint density at radius 3 is 2.73 bits per heavy atom. The Bertz CT molecular complexity index is 1200. The van der Waals surface area contributed by atoms with Crippen molar-refractivity contribution in [3.63, 3.8) is 0 Å². The summed E-state index contributed by atoms with van der Waals surface area (Å²) in [6, 6.07) is 17.2. The van der Waals surface area contributed by atoms with Gasteiger partial charge in [-0.25, -0.2) is 4.98 Å². The third-order valence-electron chi connectivity index (χ3n) is 4.57. The SMILES string of the molecule is CC(NC(=O)c1ccco1)c1nc2ccccc2n1CC(=O)Nc1cccc(Cl)c1. The standard InChI is InChI=1S/C22H19ClN4O3/c1-14(24-22(29)19-10-5-11-30-19)21-26-17-8-2-3-9-18(17)27(21)13-20(28)25-16-7-4-6-15(23)12-16/h2-12,14H,13H2,1H3,(H,24,29)(H,25,28). The molecule has 4 aromatic rings. The maximum atomic E-state index is 12.7. The van der Waals surface area contributed by atoms with Crippen molar-refractivity contribution in [2.24, 2.45) is 0 Å². The molecule has 2 aromatic carbocycles. The molecule has 2 N–H and O–H groups in total. The van der Waals surface area contributed by atoms with E-state index in [1.54, 1.807) is 41.0 Å². The van der Waals surface area contributed by atoms with E-state index in [9.17, 15) is 9.59 Å². The number of hydrogen-bond acceptors (Lipinski definition) is 4. The summed E-state index contributed by atoms with van der Waals surface area (Å²) in [6.07, 6.45) is 1.44. The van der Waals surface area contributed by atoms with Gasteiger partial charge in [-0.15, -0.1) is 0 Å². The van der Waals surface area contributed by atoms with Crippen LogP contribution in [0.15, 0.2) is 71.3 Å². The van der Waals surface area contributed by atoms with E-state index in [4.69, 9.17) is 16.0 Å². The molecule has 7 nitrogen and oxygen atoms in total. The number of fused-ring (bicyclic) bond motifs is 1. The number of aromatic nitrogens is 2. The number of rotatable bonds is 6. The fourth-order valence-electron chi connectivity index (χ4n) is 3.24. The van der Waals surface area contributed by atoms with Gasteiger partial charge in [0.05, 0.1) is 23.3 Å². The van der Waals surface area contributed by atoms with Crippen molar-refractivity contribution in [3.8, 4) is 0 Å². The molecule has 0 spiro atoms. The third-order valence-corrected chi connectivity index (χ3v) is 4.81. The second kappa shape index (κ2) is 8.42. The number of imidazole rings is 1. The topological polar surface area (TPSA) is 89.2 Å². The zero-order valence-electron chi connectivity index (χ0n) is 16.1. The van der Waals surface area contributed by atoms with Crippen LogP contribution in [0.3, 0.4) is 0 Å². The van der Waals surface area contributed by atoms with Crippen LogP contribution < -0.4 is 10.6 Å². The lowest BCUT2D eigenvalue weighted by Gasteiger charge is -2.16. The first kappa shape index (κ1) is 19.7. The molecule has 0 bridgehead atoms. The summed E-state index contributed by atoms with van der Waals surface area (Å²) in [5.74, 6) is 0.196. The lowest BCUT2D eigenvalue weighted by Crippen LogP contribution is -2.29. The van der Waals surface area contributed by atoms with Crippen molar-refractivity contribution in [2.75, 3.05) is 5.32 Å². The van der Waals surface area contributed by atoms with Gasteiger partial charge in [0, 0.05) is 10.7 Å². The van der Waals surface area contributed by atoms with Crippen molar-refractivity contribution < 1.29 is 14.0 Å². The van der Waals surface area contributed by atoms with Gasteiger partial charge in [0.2, 0.25) is 5.91 Å². The molecule has 8 heteroatoms. The van der Waals surface area contributed by atoms with Crippen molar-refractivity contribution in [2.45, 2.75) is 19.5 Å². The number of halogens is 1. The second-order valence-corrected chi connectivity index (χ2v) is 7.21. The summed E-state index contributed by atoms with van der Waals surface area (Å²) >= 11 is 5.99. The number of benzene rings is 2. The van der Waals surface area contributed by atoms with E-state index in [0.717, 1.165) is 11.0 Å². The fraction of sp³-hybridized carbons (Fsp3) is 0.136. The predicted octanol–water partition coefficient (Wildman–Crippen LogP) is 4.41. The summed E-state index contributed by atoms with van der Waals surface area (Å²) in [7, 11) is 0. The molecule has 0 radical (unpaired) electrons. The van der Waals surface area contributed by atoms with E-state index in [0.29, 0.717) is 16.5 Å². The number of carbonyl (C=O) groups excluding carboxylic acids is 2. The van der Waals surface area contributed by atoms with Crippen LogP contribution >= 0.6 is 11.6 Å². The highest BCUT2D eigenvalue weighted by molar-refractivity contribution is 6.30. The van der Waals surface area contributed by atoms with Crippen molar-refractivity contribution >= 4 is 40.1 Å². The summed E-state index contributed by atoms with van der Waals surface area (Å²) in [5, 5.41) is 6.24. The summed E-state index contributed by atoms with van der Waals surface area (Å²) in [5.41, 5.74) is 2.15. The quantitative estimate of drug-likeness (QED) is 0.481. The molecule has 0 fully saturated rings. The molecule has 152 valence electrons. The molecule has 1 unspecified atom stereocenters. The zero-order valence-corrected chi connectivity index (χ0v) is 16.9. The Kier molecular flexibility index (Phi) is 5.54. The van der Waals surface area contributed by atoms with E-state index in [1.165, 1.54) is 6.26 Å². The number of para-hydroxylation sites is 2. The highest BCUT2D eigenvalue weighted by Crippen LogP contribution is 2.22. The highest BCUT2D eigenvalue weighted by atomic mass is 35.5. The van der Waals surface area contributed by atoms with Gasteiger partial charge in [0.15, 0.2) is 5.76 Å². The molecular weight excluding hydrogens is 404 g/mol. The van der Waals surface area contributed by atoms with Gasteiger partial charge in [0.1, 0.15) is 12.4 Å². The summed E-state index contributed by atoms with van der Waals surface area (Å²) in [6.45, 7) is 1.84. The normalized spacial score (nSPS) is 11.9. The zero-order chi connectivity index (χ0) is 21.1. The lowest BCUT2D eigenvalue weighted by molar-refractivity contribution is -0.116. The van der Waals surface area contributed by atoms with Gasteiger partial charge in [-0.1, -0.05) is 29.8 Å². The fourth-order valence-corrected chi connectivity index (χ4v) is 3.43. The lowest BCUT2D eigenvalue weighted by atomic mass is 10.2. The third kappa shape index (κ3) is 4.21. The smallest absolute Gasteiger partial charge is 0.287 e. The molecule has 0 aliphatic rings. The van der Waals surface area contributed by atoms with Crippen molar-refractivity contribution in [1.29, 1.82) is 0 Å². The van der Waals surface area contributed by atoms with Crippen molar-refractivity contribution in [1.82, 2.24) is 14.9 Å². The minimum atomic E-state index is -0.450. The van der Waals surface area contributed by atoms with Crippen LogP contribution in [0.4, 0.5) is 5.69 Å². The molecular formula is C22H19ClN4O3. The van der Waals surface area contributed by atoms with Crippen molar-refractivity contribution in [3.05, 3.63) is 83.5 Å². The molecule has 0 aliphatic carbocycles. The Labute approximate surface area is 177 Å². The van der Waals surface area contributed by atoms with Crippen LogP contribution in [0.5, 0.6) is 0 Å². The molecule has 2 amide bonds. The average molecular weight is 423 g/mol. The highest BCUT2D eigenvalue weighted by Gasteiger charge is 2.21. The molecule has 0 saturated carbocycles. The van der Waals surface area contributed by atoms with Gasteiger partial charge >= 0.3 is 0 Å². The Morgan fingerprint density at radius 1 is 1.13 bits per heavy atom. The first-order valence-corrected chi connectivity index (χ1v) is 9.74. The van der Waals surface area contributed by atoms with E-state index in [2.05, 4.69) is 15.6 Å². The van der Waals surface area contributed by atoms with Gasteiger partial charge in [-0.2, -0.15) is 0 Å². The maximum absolute atomic E-state index is 12.7. The van der Waals surface area contributed by atoms with Crippen LogP contribution in [0.2, 0.25) is 5.02 Å². The van der Waals surface area contributed by atoms with Crippen LogP contribution in [-0.4, -0.2) is 21.4 Å². The maximum Gasteiger partial charge on any atom is 0.287 e. The summed E-state index contributed by atoms with van der Waals surface area (Å²) < 4.78 is 6.94. The Hall–Kier alpha value is -3.58. The minimum Gasteiger partial charge on any atom is -0.459 e. The summed E-state index contributed by atoms with van der Waals surface area (Å²) in [4.78, 5) is 29.7. The number of hydrogen-bond donors (Lipinski definition) is 2. The predicted molar refractivity (Wildman–Crippen MR) is 114 cm³/mol. The van der Waals surface area contributed by atoms with E-state index in [-0.39, 0.29) is 24.1 Å². The van der Waals surface area contributed by atoms with Crippen LogP contribution in [-0.2, 0) is 11.3 Å². The number of carbonyl (C=O) groups is 2. The molecule has 2 aromatic heterocycles. The number of anilines is 1. The van der Waals surface area contributed by atoms with Gasteiger partial charge in [-0.3, -0.25) is 9.59 Å². The molecule has 4 rings (SSSR count). The minimum absolute atomic E-state index is 0.0311.